The van der Waals surface area contributed by atoms with Gasteiger partial charge in [0, 0.05) is 23.9 Å². The molecule has 0 bridgehead atoms. The van der Waals surface area contributed by atoms with Crippen molar-refractivity contribution < 1.29 is 4.79 Å². The van der Waals surface area contributed by atoms with Crippen molar-refractivity contribution in [2.45, 2.75) is 0 Å². The Bertz CT molecular complexity index is 772. The maximum absolute atomic E-state index is 12.7. The summed E-state index contributed by atoms with van der Waals surface area (Å²) in [4.78, 5) is 12.7. The van der Waals surface area contributed by atoms with Crippen LogP contribution in [0.4, 0.5) is 5.69 Å². The molecule has 1 N–H and O–H groups in total. The molecule has 0 saturated carbocycles. The van der Waals surface area contributed by atoms with Crippen LogP contribution in [-0.2, 0) is 0 Å². The van der Waals surface area contributed by atoms with E-state index in [1.807, 2.05) is 73.8 Å². The van der Waals surface area contributed by atoms with Gasteiger partial charge in [-0.05, 0) is 22.9 Å². The van der Waals surface area contributed by atoms with Crippen LogP contribution in [0.2, 0.25) is 0 Å². The monoisotopic (exact) mass is 261 g/mol. The average molecular weight is 261 g/mol. The van der Waals surface area contributed by atoms with E-state index in [0.717, 1.165) is 22.0 Å². The van der Waals surface area contributed by atoms with Gasteiger partial charge >= 0.3 is 0 Å². The largest absolute Gasteiger partial charge is 0.388 e. The Labute approximate surface area is 118 Å². The molecule has 0 saturated heterocycles. The van der Waals surface area contributed by atoms with Gasteiger partial charge < -0.3 is 5.32 Å². The third-order valence-electron chi connectivity index (χ3n) is 3.45. The minimum absolute atomic E-state index is 0.0545. The second-order valence-corrected chi connectivity index (χ2v) is 4.69. The van der Waals surface area contributed by atoms with Gasteiger partial charge in [0.1, 0.15) is 0 Å². The van der Waals surface area contributed by atoms with Crippen molar-refractivity contribution in [2.75, 3.05) is 12.4 Å². The normalized spacial score (nSPS) is 10.4. The molecule has 0 aliphatic rings. The molecule has 3 aromatic rings. The zero-order valence-corrected chi connectivity index (χ0v) is 11.3. The van der Waals surface area contributed by atoms with E-state index < -0.39 is 0 Å². The first kappa shape index (κ1) is 12.4. The predicted molar refractivity (Wildman–Crippen MR) is 83.4 cm³/mol. The molecular weight excluding hydrogens is 246 g/mol. The molecule has 0 aliphatic carbocycles. The first-order valence-corrected chi connectivity index (χ1v) is 6.60. The van der Waals surface area contributed by atoms with E-state index in [1.165, 1.54) is 0 Å². The van der Waals surface area contributed by atoms with Gasteiger partial charge in [-0.3, -0.25) is 4.79 Å². The number of ketones is 1. The second-order valence-electron chi connectivity index (χ2n) is 4.69. The summed E-state index contributed by atoms with van der Waals surface area (Å²) < 4.78 is 0. The molecular formula is C18H15NO. The van der Waals surface area contributed by atoms with E-state index in [-0.39, 0.29) is 5.78 Å². The lowest BCUT2D eigenvalue weighted by atomic mass is 9.97. The van der Waals surface area contributed by atoms with E-state index in [2.05, 4.69) is 5.32 Å². The van der Waals surface area contributed by atoms with Crippen molar-refractivity contribution in [3.63, 3.8) is 0 Å². The highest BCUT2D eigenvalue weighted by atomic mass is 16.1. The Morgan fingerprint density at radius 2 is 1.65 bits per heavy atom. The van der Waals surface area contributed by atoms with Crippen LogP contribution in [0.3, 0.4) is 0 Å². The molecule has 2 heteroatoms. The molecule has 0 fully saturated rings. The first-order chi connectivity index (χ1) is 9.79. The highest BCUT2D eigenvalue weighted by Crippen LogP contribution is 2.22. The average Bonchev–Trinajstić information content (AvgIpc) is 2.53. The zero-order valence-electron chi connectivity index (χ0n) is 11.3. The van der Waals surface area contributed by atoms with Gasteiger partial charge in [0.2, 0.25) is 0 Å². The summed E-state index contributed by atoms with van der Waals surface area (Å²) >= 11 is 0. The molecule has 0 unspecified atom stereocenters. The van der Waals surface area contributed by atoms with Crippen LogP contribution in [0.5, 0.6) is 0 Å². The SMILES string of the molecule is CNc1cccc(C(=O)c2cccc3ccccc23)c1. The Morgan fingerprint density at radius 1 is 0.900 bits per heavy atom. The number of anilines is 1. The van der Waals surface area contributed by atoms with E-state index in [4.69, 9.17) is 0 Å². The van der Waals surface area contributed by atoms with Gasteiger partial charge in [-0.1, -0.05) is 54.6 Å². The fourth-order valence-electron chi connectivity index (χ4n) is 2.39. The van der Waals surface area contributed by atoms with Crippen molar-refractivity contribution in [2.24, 2.45) is 0 Å². The van der Waals surface area contributed by atoms with E-state index >= 15 is 0 Å². The Morgan fingerprint density at radius 3 is 2.50 bits per heavy atom. The maximum Gasteiger partial charge on any atom is 0.193 e. The summed E-state index contributed by atoms with van der Waals surface area (Å²) in [5.41, 5.74) is 2.39. The topological polar surface area (TPSA) is 29.1 Å². The highest BCUT2D eigenvalue weighted by Gasteiger charge is 2.12. The fourth-order valence-corrected chi connectivity index (χ4v) is 2.39. The number of hydrogen-bond acceptors (Lipinski definition) is 2. The fraction of sp³-hybridized carbons (Fsp3) is 0.0556. The molecule has 3 rings (SSSR count). The van der Waals surface area contributed by atoms with E-state index in [0.29, 0.717) is 5.56 Å². The lowest BCUT2D eigenvalue weighted by Gasteiger charge is -2.07. The molecule has 0 spiro atoms. The molecule has 98 valence electrons. The Kier molecular flexibility index (Phi) is 3.21. The lowest BCUT2D eigenvalue weighted by molar-refractivity contribution is 0.104. The van der Waals surface area contributed by atoms with Gasteiger partial charge in [0.05, 0.1) is 0 Å². The van der Waals surface area contributed by atoms with Crippen LogP contribution in [0, 0.1) is 0 Å². The van der Waals surface area contributed by atoms with Gasteiger partial charge in [-0.15, -0.1) is 0 Å². The summed E-state index contributed by atoms with van der Waals surface area (Å²) in [6, 6.07) is 21.4. The van der Waals surface area contributed by atoms with Crippen molar-refractivity contribution in [1.82, 2.24) is 0 Å². The summed E-state index contributed by atoms with van der Waals surface area (Å²) in [6.07, 6.45) is 0. The lowest BCUT2D eigenvalue weighted by Crippen LogP contribution is -2.03. The van der Waals surface area contributed by atoms with Crippen LogP contribution in [0.1, 0.15) is 15.9 Å². The van der Waals surface area contributed by atoms with E-state index in [1.54, 1.807) is 0 Å². The summed E-state index contributed by atoms with van der Waals surface area (Å²) in [7, 11) is 1.85. The quantitative estimate of drug-likeness (QED) is 0.719. The van der Waals surface area contributed by atoms with Crippen LogP contribution < -0.4 is 5.32 Å². The Hall–Kier alpha value is -2.61. The van der Waals surface area contributed by atoms with Gasteiger partial charge in [-0.2, -0.15) is 0 Å². The van der Waals surface area contributed by atoms with E-state index in [9.17, 15) is 4.79 Å². The Balaban J connectivity index is 2.12. The number of hydrogen-bond donors (Lipinski definition) is 1. The standard InChI is InChI=1S/C18H15NO/c1-19-15-9-4-8-14(12-15)18(20)17-11-5-7-13-6-2-3-10-16(13)17/h2-12,19H,1H3. The van der Waals surface area contributed by atoms with Crippen molar-refractivity contribution in [1.29, 1.82) is 0 Å². The number of fused-ring (bicyclic) bond motifs is 1. The third kappa shape index (κ3) is 2.16. The van der Waals surface area contributed by atoms with Crippen molar-refractivity contribution in [3.05, 3.63) is 77.9 Å². The van der Waals surface area contributed by atoms with Crippen LogP contribution in [0.15, 0.2) is 66.7 Å². The zero-order chi connectivity index (χ0) is 13.9. The minimum atomic E-state index is 0.0545. The molecule has 0 aliphatic heterocycles. The van der Waals surface area contributed by atoms with Gasteiger partial charge in [-0.25, -0.2) is 0 Å². The van der Waals surface area contributed by atoms with Crippen molar-refractivity contribution >= 4 is 22.2 Å². The summed E-state index contributed by atoms with van der Waals surface area (Å²) in [5, 5.41) is 5.14. The minimum Gasteiger partial charge on any atom is -0.388 e. The van der Waals surface area contributed by atoms with Crippen LogP contribution in [0.25, 0.3) is 10.8 Å². The van der Waals surface area contributed by atoms with Crippen LogP contribution >= 0.6 is 0 Å². The number of rotatable bonds is 3. The van der Waals surface area contributed by atoms with Gasteiger partial charge in [0.15, 0.2) is 5.78 Å². The number of nitrogens with one attached hydrogen (secondary N) is 1. The molecule has 0 heterocycles. The molecule has 2 nitrogen and oxygen atoms in total. The first-order valence-electron chi connectivity index (χ1n) is 6.60. The molecule has 0 amide bonds. The molecule has 0 atom stereocenters. The summed E-state index contributed by atoms with van der Waals surface area (Å²) in [6.45, 7) is 0. The molecule has 0 aromatic heterocycles. The summed E-state index contributed by atoms with van der Waals surface area (Å²) in [5.74, 6) is 0.0545. The third-order valence-corrected chi connectivity index (χ3v) is 3.45. The predicted octanol–water partition coefficient (Wildman–Crippen LogP) is 4.11. The molecule has 20 heavy (non-hydrogen) atoms. The van der Waals surface area contributed by atoms with Crippen molar-refractivity contribution in [3.8, 4) is 0 Å². The highest BCUT2D eigenvalue weighted by molar-refractivity contribution is 6.16. The molecule has 3 aromatic carbocycles. The number of carbonyl (C=O) groups is 1. The second kappa shape index (κ2) is 5.17. The number of carbonyl (C=O) groups excluding carboxylic acids is 1. The number of benzene rings is 3. The maximum atomic E-state index is 12.7. The molecule has 0 radical (unpaired) electrons. The van der Waals surface area contributed by atoms with Gasteiger partial charge in [0.25, 0.3) is 0 Å². The smallest absolute Gasteiger partial charge is 0.193 e. The van der Waals surface area contributed by atoms with Crippen LogP contribution in [-0.4, -0.2) is 12.8 Å².